The van der Waals surface area contributed by atoms with Crippen molar-refractivity contribution in [3.05, 3.63) is 253 Å². The second-order valence-corrected chi connectivity index (χ2v) is 21.8. The van der Waals surface area contributed by atoms with Gasteiger partial charge in [0, 0.05) is 51.3 Å². The number of fused-ring (bicyclic) bond motifs is 4. The summed E-state index contributed by atoms with van der Waals surface area (Å²) in [5, 5.41) is 0.515. The number of pyridine rings is 1. The molecule has 76 heavy (non-hydrogen) atoms. The summed E-state index contributed by atoms with van der Waals surface area (Å²) in [6.45, 7) is 16.9. The molecule has 0 saturated carbocycles. The van der Waals surface area contributed by atoms with Crippen molar-refractivity contribution in [1.82, 2.24) is 9.55 Å². The van der Waals surface area contributed by atoms with Crippen molar-refractivity contribution in [2.24, 2.45) is 0 Å². The van der Waals surface area contributed by atoms with E-state index >= 15 is 0 Å². The Kier molecular flexibility index (Phi) is 8.47. The molecule has 12 rings (SSSR count). The van der Waals surface area contributed by atoms with Gasteiger partial charge in [-0.3, -0.25) is 4.57 Å². The Morgan fingerprint density at radius 2 is 1.11 bits per heavy atom. The highest BCUT2D eigenvalue weighted by molar-refractivity contribution is 6.11. The van der Waals surface area contributed by atoms with E-state index in [0.29, 0.717) is 27.8 Å². The Balaban J connectivity index is 1.03. The van der Waals surface area contributed by atoms with Gasteiger partial charge >= 0.3 is 0 Å². The number of hydrogen-bond acceptors (Lipinski definition) is 4. The van der Waals surface area contributed by atoms with Crippen LogP contribution in [0.3, 0.4) is 0 Å². The molecule has 2 aromatic heterocycles. The van der Waals surface area contributed by atoms with Gasteiger partial charge in [-0.15, -0.1) is 0 Å². The van der Waals surface area contributed by atoms with Gasteiger partial charge in [-0.2, -0.15) is 0 Å². The van der Waals surface area contributed by atoms with Crippen LogP contribution in [0.4, 0.5) is 22.7 Å². The van der Waals surface area contributed by atoms with Crippen LogP contribution in [0.1, 0.15) is 98.2 Å². The van der Waals surface area contributed by atoms with Crippen molar-refractivity contribution >= 4 is 44.6 Å². The third-order valence-electron chi connectivity index (χ3n) is 14.4. The summed E-state index contributed by atoms with van der Waals surface area (Å²) in [6, 6.07) is 37.5. The van der Waals surface area contributed by atoms with E-state index < -0.39 is 59.9 Å². The number of para-hydroxylation sites is 3. The molecule has 0 aliphatic carbocycles. The summed E-state index contributed by atoms with van der Waals surface area (Å²) < 4.78 is 144. The average molecular weight is 1000 g/mol. The van der Waals surface area contributed by atoms with Crippen molar-refractivity contribution in [3.8, 4) is 50.7 Å². The molecule has 1 aliphatic rings. The van der Waals surface area contributed by atoms with Gasteiger partial charge in [0.1, 0.15) is 24.0 Å². The molecule has 374 valence electrons. The minimum Gasteiger partial charge on any atom is -0.457 e. The van der Waals surface area contributed by atoms with Crippen LogP contribution >= 0.6 is 0 Å². The fraction of sp³-hybridized carbons (Fsp3) is 0.169. The van der Waals surface area contributed by atoms with E-state index in [0.717, 1.165) is 39.2 Å². The SMILES string of the molecule is [2H]c1nc(-n2c3ccc(-c4c([2H])c([2H])c([2H])c([2H])c4[2H])cc3c3c([2H])c([2H])c(Oc4cccc(N5CN(c6c(-c7cc(C(C)(C)C)cc(C(C)(C)C)c7)cccc6-c6c([2H])c([2H])c([2H])c([2H])c6[2H])c6ccccc65)c4)cc32)c([2H])c(C(C)(C)c2ccccc2)c1[2H]. The summed E-state index contributed by atoms with van der Waals surface area (Å²) in [5.41, 5.74) is 7.45. The zero-order chi connectivity index (χ0) is 65.4. The summed E-state index contributed by atoms with van der Waals surface area (Å²) in [5.74, 6) is 0.168. The molecule has 5 heteroatoms. The van der Waals surface area contributed by atoms with Gasteiger partial charge < -0.3 is 14.5 Å². The van der Waals surface area contributed by atoms with Crippen molar-refractivity contribution in [2.75, 3.05) is 16.5 Å². The molecule has 0 N–H and O–H groups in total. The van der Waals surface area contributed by atoms with Gasteiger partial charge in [0.15, 0.2) is 0 Å². The maximum Gasteiger partial charge on any atom is 0.137 e. The molecule has 0 spiro atoms. The summed E-state index contributed by atoms with van der Waals surface area (Å²) >= 11 is 0. The van der Waals surface area contributed by atoms with Gasteiger partial charge in [-0.25, -0.2) is 4.98 Å². The fourth-order valence-electron chi connectivity index (χ4n) is 10.2. The molecule has 0 radical (unpaired) electrons. The largest absolute Gasteiger partial charge is 0.457 e. The van der Waals surface area contributed by atoms with Crippen molar-refractivity contribution in [3.63, 3.8) is 0 Å². The summed E-state index contributed by atoms with van der Waals surface area (Å²) in [6.07, 6.45) is -0.410. The topological polar surface area (TPSA) is 33.5 Å². The maximum absolute atomic E-state index is 9.93. The lowest BCUT2D eigenvalue weighted by Gasteiger charge is -2.29. The van der Waals surface area contributed by atoms with E-state index in [1.807, 2.05) is 86.6 Å². The smallest absolute Gasteiger partial charge is 0.137 e. The first-order chi connectivity index (χ1) is 42.9. The molecular formula is C71H64N4O. The Morgan fingerprint density at radius 1 is 0.461 bits per heavy atom. The second-order valence-electron chi connectivity index (χ2n) is 21.8. The van der Waals surface area contributed by atoms with Gasteiger partial charge in [0.05, 0.1) is 48.7 Å². The zero-order valence-corrected chi connectivity index (χ0v) is 43.7. The van der Waals surface area contributed by atoms with Crippen LogP contribution < -0.4 is 14.5 Å². The molecule has 5 nitrogen and oxygen atoms in total. The van der Waals surface area contributed by atoms with Crippen molar-refractivity contribution in [2.45, 2.75) is 71.6 Å². The van der Waals surface area contributed by atoms with Crippen molar-refractivity contribution in [1.29, 1.82) is 0 Å². The van der Waals surface area contributed by atoms with Crippen LogP contribution in [-0.4, -0.2) is 16.2 Å². The molecule has 0 unspecified atom stereocenters. The summed E-state index contributed by atoms with van der Waals surface area (Å²) in [7, 11) is 0. The van der Waals surface area contributed by atoms with E-state index in [9.17, 15) is 8.22 Å². The van der Waals surface area contributed by atoms with E-state index in [1.165, 1.54) is 0 Å². The van der Waals surface area contributed by atoms with Crippen LogP contribution in [0.25, 0.3) is 61.0 Å². The molecular weight excluding hydrogens is 925 g/mol. The highest BCUT2D eigenvalue weighted by atomic mass is 16.5. The minimum absolute atomic E-state index is 0.0502. The lowest BCUT2D eigenvalue weighted by molar-refractivity contribution is 0.483. The van der Waals surface area contributed by atoms with Crippen LogP contribution in [0, 0.1) is 0 Å². The van der Waals surface area contributed by atoms with Crippen LogP contribution in [0.15, 0.2) is 230 Å². The number of ether oxygens (including phenoxy) is 1. The van der Waals surface area contributed by atoms with Gasteiger partial charge in [0.25, 0.3) is 0 Å². The van der Waals surface area contributed by atoms with Gasteiger partial charge in [-0.1, -0.05) is 207 Å². The normalized spacial score (nSPS) is 15.7. The average Bonchev–Trinajstić information content (AvgIpc) is 1.62. The first kappa shape index (κ1) is 34.0. The van der Waals surface area contributed by atoms with E-state index in [2.05, 4.69) is 74.5 Å². The lowest BCUT2D eigenvalue weighted by Crippen LogP contribution is -2.25. The molecule has 0 fully saturated rings. The van der Waals surface area contributed by atoms with E-state index in [-0.39, 0.29) is 104 Å². The van der Waals surface area contributed by atoms with Gasteiger partial charge in [0.2, 0.25) is 0 Å². The Morgan fingerprint density at radius 3 is 1.80 bits per heavy atom. The zero-order valence-electron chi connectivity index (χ0n) is 58.7. The number of aromatic nitrogens is 2. The number of hydrogen-bond donors (Lipinski definition) is 0. The predicted octanol–water partition coefficient (Wildman–Crippen LogP) is 19.1. The first-order valence-electron chi connectivity index (χ1n) is 32.9. The van der Waals surface area contributed by atoms with Gasteiger partial charge in [-0.05, 0) is 116 Å². The number of benzene rings is 9. The fourth-order valence-corrected chi connectivity index (χ4v) is 10.2. The molecule has 1 aliphatic heterocycles. The lowest BCUT2D eigenvalue weighted by atomic mass is 9.78. The molecule has 0 saturated heterocycles. The number of nitrogens with zero attached hydrogens (tertiary/aromatic N) is 4. The highest BCUT2D eigenvalue weighted by Crippen LogP contribution is 2.51. The van der Waals surface area contributed by atoms with Crippen LogP contribution in [0.2, 0.25) is 0 Å². The monoisotopic (exact) mass is 1000 g/mol. The molecule has 9 aromatic carbocycles. The van der Waals surface area contributed by atoms with Crippen LogP contribution in [-0.2, 0) is 16.2 Å². The van der Waals surface area contributed by atoms with Crippen molar-refractivity contribution < 1.29 is 25.3 Å². The van der Waals surface area contributed by atoms with E-state index in [1.54, 1.807) is 53.1 Å². The molecule has 0 amide bonds. The summed E-state index contributed by atoms with van der Waals surface area (Å²) in [4.78, 5) is 8.79. The standard InChI is InChI=1S/C71H64N4O/c1-69(2,3)54-40-51(41-55(43-54)70(4,5)6)60-31-21-30-59(49-24-14-10-15-25-49)68(60)74-47-73(64-32-18-19-33-65(64)74)56-28-20-29-57(45-56)76-58-35-36-61-62-42-50(48-22-12-9-13-23-48)34-37-63(62)75(66(61)46-58)67-44-53(38-39-72-67)71(7,8)52-26-16-11-17-27-52/h9-46H,47H2,1-8H3/i9D,10D,12D,13D,14D,15D,22D,23D,24D,25D,35D,36D,38D,39D,44D. The minimum atomic E-state index is -0.985. The Labute approximate surface area is 469 Å². The maximum atomic E-state index is 9.93. The Bertz CT molecular complexity index is 4770. The number of anilines is 4. The molecule has 0 atom stereocenters. The molecule has 11 aromatic rings. The Hall–Kier alpha value is -8.67. The van der Waals surface area contributed by atoms with E-state index in [4.69, 9.17) is 17.1 Å². The third kappa shape index (κ3) is 8.90. The quantitative estimate of drug-likeness (QED) is 0.137. The van der Waals surface area contributed by atoms with Crippen LogP contribution in [0.5, 0.6) is 11.5 Å². The predicted molar refractivity (Wildman–Crippen MR) is 319 cm³/mol. The molecule has 0 bridgehead atoms. The number of rotatable bonds is 10. The molecule has 3 heterocycles. The third-order valence-corrected chi connectivity index (χ3v) is 14.4. The second kappa shape index (κ2) is 18.9. The highest BCUT2D eigenvalue weighted by Gasteiger charge is 2.33. The first-order valence-corrected chi connectivity index (χ1v) is 25.4.